The van der Waals surface area contributed by atoms with Crippen LogP contribution in [-0.4, -0.2) is 14.1 Å². The van der Waals surface area contributed by atoms with Gasteiger partial charge in [-0.1, -0.05) is 60.7 Å². The van der Waals surface area contributed by atoms with Crippen LogP contribution in [0.15, 0.2) is 70.9 Å². The molecular formula is C14H16N2. The summed E-state index contributed by atoms with van der Waals surface area (Å²) in [6.07, 6.45) is 0. The number of hydrogen-bond donors (Lipinski definition) is 0. The second kappa shape index (κ2) is 7.35. The summed E-state index contributed by atoms with van der Waals surface area (Å²) in [6.45, 7) is 0. The Morgan fingerprint density at radius 3 is 1.12 bits per heavy atom. The molecule has 0 atom stereocenters. The number of nitrogens with zero attached hydrogens (tertiary/aromatic N) is 2. The minimum atomic E-state index is 1.28. The SMILES string of the molecule is CN=NC.c1ccc(-c2ccccc2)cc1. The number of hydrogen-bond acceptors (Lipinski definition) is 2. The van der Waals surface area contributed by atoms with Crippen LogP contribution >= 0.6 is 0 Å². The van der Waals surface area contributed by atoms with Crippen molar-refractivity contribution in [3.63, 3.8) is 0 Å². The molecule has 0 aliphatic rings. The Bertz CT molecular complexity index is 366. The summed E-state index contributed by atoms with van der Waals surface area (Å²) in [5.74, 6) is 0. The number of azo groups is 1. The zero-order chi connectivity index (χ0) is 11.6. The van der Waals surface area contributed by atoms with E-state index in [0.29, 0.717) is 0 Å². The Kier molecular flexibility index (Phi) is 5.56. The molecular weight excluding hydrogens is 196 g/mol. The molecule has 0 aliphatic heterocycles. The zero-order valence-electron chi connectivity index (χ0n) is 9.67. The van der Waals surface area contributed by atoms with Crippen LogP contribution in [0.1, 0.15) is 0 Å². The molecule has 0 amide bonds. The highest BCUT2D eigenvalue weighted by Gasteiger charge is 1.91. The monoisotopic (exact) mass is 212 g/mol. The predicted molar refractivity (Wildman–Crippen MR) is 68.6 cm³/mol. The van der Waals surface area contributed by atoms with E-state index in [9.17, 15) is 0 Å². The zero-order valence-corrected chi connectivity index (χ0v) is 9.67. The van der Waals surface area contributed by atoms with Crippen LogP contribution in [0, 0.1) is 0 Å². The van der Waals surface area contributed by atoms with Crippen molar-refractivity contribution in [3.05, 3.63) is 60.7 Å². The normalized spacial score (nSPS) is 9.62. The smallest absolute Gasteiger partial charge is 0.0487 e. The van der Waals surface area contributed by atoms with Crippen LogP contribution in [-0.2, 0) is 0 Å². The molecule has 0 saturated heterocycles. The van der Waals surface area contributed by atoms with E-state index in [1.165, 1.54) is 11.1 Å². The minimum absolute atomic E-state index is 1.28. The van der Waals surface area contributed by atoms with Gasteiger partial charge in [-0.2, -0.15) is 10.2 Å². The highest BCUT2D eigenvalue weighted by Crippen LogP contribution is 2.17. The first-order valence-electron chi connectivity index (χ1n) is 5.17. The van der Waals surface area contributed by atoms with E-state index in [-0.39, 0.29) is 0 Å². The van der Waals surface area contributed by atoms with Crippen molar-refractivity contribution < 1.29 is 0 Å². The molecule has 2 nitrogen and oxygen atoms in total. The Balaban J connectivity index is 0.000000280. The van der Waals surface area contributed by atoms with Crippen molar-refractivity contribution in [1.82, 2.24) is 0 Å². The van der Waals surface area contributed by atoms with Gasteiger partial charge in [0.05, 0.1) is 0 Å². The fourth-order valence-electron chi connectivity index (χ4n) is 1.26. The third-order valence-electron chi connectivity index (χ3n) is 2.08. The summed E-state index contributed by atoms with van der Waals surface area (Å²) in [6, 6.07) is 20.8. The Labute approximate surface area is 96.7 Å². The molecule has 0 aromatic heterocycles. The molecule has 16 heavy (non-hydrogen) atoms. The number of rotatable bonds is 1. The largest absolute Gasteiger partial charge is 0.198 e. The second-order valence-corrected chi connectivity index (χ2v) is 3.13. The second-order valence-electron chi connectivity index (χ2n) is 3.13. The van der Waals surface area contributed by atoms with Gasteiger partial charge in [-0.05, 0) is 11.1 Å². The van der Waals surface area contributed by atoms with E-state index in [2.05, 4.69) is 58.8 Å². The van der Waals surface area contributed by atoms with Gasteiger partial charge in [-0.15, -0.1) is 0 Å². The maximum absolute atomic E-state index is 3.36. The Hall–Kier alpha value is -1.96. The van der Waals surface area contributed by atoms with E-state index in [0.717, 1.165) is 0 Å². The molecule has 2 aromatic carbocycles. The van der Waals surface area contributed by atoms with Crippen LogP contribution < -0.4 is 0 Å². The van der Waals surface area contributed by atoms with E-state index >= 15 is 0 Å². The molecule has 0 bridgehead atoms. The van der Waals surface area contributed by atoms with Gasteiger partial charge in [-0.3, -0.25) is 0 Å². The fourth-order valence-corrected chi connectivity index (χ4v) is 1.26. The van der Waals surface area contributed by atoms with Crippen LogP contribution in [0.2, 0.25) is 0 Å². The molecule has 0 heterocycles. The van der Waals surface area contributed by atoms with Crippen LogP contribution in [0.5, 0.6) is 0 Å². The lowest BCUT2D eigenvalue weighted by Crippen LogP contribution is -1.73. The van der Waals surface area contributed by atoms with Gasteiger partial charge in [0.1, 0.15) is 0 Å². The van der Waals surface area contributed by atoms with Crippen molar-refractivity contribution in [2.75, 3.05) is 14.1 Å². The molecule has 0 saturated carbocycles. The molecule has 0 spiro atoms. The average Bonchev–Trinajstić information content (AvgIpc) is 2.41. The summed E-state index contributed by atoms with van der Waals surface area (Å²) < 4.78 is 0. The van der Waals surface area contributed by atoms with Crippen LogP contribution in [0.3, 0.4) is 0 Å². The van der Waals surface area contributed by atoms with Gasteiger partial charge in [0.15, 0.2) is 0 Å². The maximum atomic E-state index is 3.36. The molecule has 2 rings (SSSR count). The minimum Gasteiger partial charge on any atom is -0.198 e. The highest BCUT2D eigenvalue weighted by molar-refractivity contribution is 5.62. The van der Waals surface area contributed by atoms with Crippen molar-refractivity contribution in [2.45, 2.75) is 0 Å². The summed E-state index contributed by atoms with van der Waals surface area (Å²) in [5, 5.41) is 6.72. The van der Waals surface area contributed by atoms with Crippen LogP contribution in [0.4, 0.5) is 0 Å². The van der Waals surface area contributed by atoms with Gasteiger partial charge >= 0.3 is 0 Å². The van der Waals surface area contributed by atoms with Gasteiger partial charge in [0, 0.05) is 14.1 Å². The first kappa shape index (κ1) is 12.1. The van der Waals surface area contributed by atoms with Crippen LogP contribution in [0.25, 0.3) is 11.1 Å². The topological polar surface area (TPSA) is 24.7 Å². The third-order valence-corrected chi connectivity index (χ3v) is 2.08. The summed E-state index contributed by atoms with van der Waals surface area (Å²) in [7, 11) is 3.28. The maximum Gasteiger partial charge on any atom is 0.0487 e. The quantitative estimate of drug-likeness (QED) is 0.637. The summed E-state index contributed by atoms with van der Waals surface area (Å²) >= 11 is 0. The van der Waals surface area contributed by atoms with Crippen molar-refractivity contribution in [2.24, 2.45) is 10.2 Å². The fraction of sp³-hybridized carbons (Fsp3) is 0.143. The molecule has 0 fully saturated rings. The standard InChI is InChI=1S/C12H10.C2H6N2/c1-3-7-11(8-4-1)12-9-5-2-6-10-12;1-3-4-2/h1-10H;1-2H3. The molecule has 2 heteroatoms. The summed E-state index contributed by atoms with van der Waals surface area (Å²) in [4.78, 5) is 0. The van der Waals surface area contributed by atoms with E-state index in [1.807, 2.05) is 12.1 Å². The molecule has 0 aliphatic carbocycles. The number of benzene rings is 2. The van der Waals surface area contributed by atoms with Crippen molar-refractivity contribution in [3.8, 4) is 11.1 Å². The Morgan fingerprint density at radius 1 is 0.562 bits per heavy atom. The summed E-state index contributed by atoms with van der Waals surface area (Å²) in [5.41, 5.74) is 2.55. The molecule has 0 unspecified atom stereocenters. The Morgan fingerprint density at radius 2 is 0.875 bits per heavy atom. The van der Waals surface area contributed by atoms with Gasteiger partial charge < -0.3 is 0 Å². The lowest BCUT2D eigenvalue weighted by molar-refractivity contribution is 1.11. The predicted octanol–water partition coefficient (Wildman–Crippen LogP) is 4.05. The first-order chi connectivity index (χ1) is 7.88. The third kappa shape index (κ3) is 4.05. The highest BCUT2D eigenvalue weighted by atomic mass is 15.0. The molecule has 82 valence electrons. The molecule has 0 radical (unpaired) electrons. The molecule has 2 aromatic rings. The van der Waals surface area contributed by atoms with E-state index < -0.39 is 0 Å². The van der Waals surface area contributed by atoms with Crippen molar-refractivity contribution in [1.29, 1.82) is 0 Å². The molecule has 0 N–H and O–H groups in total. The van der Waals surface area contributed by atoms with E-state index in [4.69, 9.17) is 0 Å². The van der Waals surface area contributed by atoms with Gasteiger partial charge in [0.2, 0.25) is 0 Å². The van der Waals surface area contributed by atoms with E-state index in [1.54, 1.807) is 14.1 Å². The lowest BCUT2D eigenvalue weighted by atomic mass is 10.1. The van der Waals surface area contributed by atoms with Gasteiger partial charge in [0.25, 0.3) is 0 Å². The average molecular weight is 212 g/mol. The van der Waals surface area contributed by atoms with Gasteiger partial charge in [-0.25, -0.2) is 0 Å². The first-order valence-corrected chi connectivity index (χ1v) is 5.17. The lowest BCUT2D eigenvalue weighted by Gasteiger charge is -1.98. The van der Waals surface area contributed by atoms with Crippen molar-refractivity contribution >= 4 is 0 Å².